The number of carbonyl (C=O) groups excluding carboxylic acids is 2. The van der Waals surface area contributed by atoms with Crippen molar-refractivity contribution >= 4 is 44.9 Å². The molecule has 0 aromatic heterocycles. The second-order valence-electron chi connectivity index (χ2n) is 7.20. The summed E-state index contributed by atoms with van der Waals surface area (Å²) < 4.78 is 25.2. The minimum absolute atomic E-state index is 0.0849. The van der Waals surface area contributed by atoms with Gasteiger partial charge in [0.15, 0.2) is 11.5 Å². The molecule has 0 bridgehead atoms. The molecule has 0 spiro atoms. The van der Waals surface area contributed by atoms with Crippen molar-refractivity contribution in [2.75, 3.05) is 7.11 Å². The zero-order valence-corrected chi connectivity index (χ0v) is 20.0. The summed E-state index contributed by atoms with van der Waals surface area (Å²) in [6.45, 7) is 0.457. The average Bonchev–Trinajstić information content (AvgIpc) is 3.07. The van der Waals surface area contributed by atoms with Crippen molar-refractivity contribution in [1.82, 2.24) is 4.90 Å². The van der Waals surface area contributed by atoms with Gasteiger partial charge in [-0.1, -0.05) is 42.5 Å². The molecule has 0 unspecified atom stereocenters. The number of rotatable bonds is 7. The van der Waals surface area contributed by atoms with Gasteiger partial charge in [-0.25, -0.2) is 4.39 Å². The normalized spacial score (nSPS) is 14.8. The Labute approximate surface area is 203 Å². The van der Waals surface area contributed by atoms with Crippen LogP contribution in [-0.2, 0) is 17.9 Å². The fourth-order valence-corrected chi connectivity index (χ4v) is 4.67. The van der Waals surface area contributed by atoms with Crippen molar-refractivity contribution < 1.29 is 23.5 Å². The Morgan fingerprint density at radius 1 is 1.03 bits per heavy atom. The number of ether oxygens (including phenoxy) is 2. The molecule has 1 aliphatic heterocycles. The lowest BCUT2D eigenvalue weighted by Gasteiger charge is -2.14. The van der Waals surface area contributed by atoms with Crippen LogP contribution in [-0.4, -0.2) is 23.2 Å². The lowest BCUT2D eigenvalue weighted by Crippen LogP contribution is -2.27. The van der Waals surface area contributed by atoms with Crippen LogP contribution in [0.15, 0.2) is 76.1 Å². The first-order valence-electron chi connectivity index (χ1n) is 9.98. The number of thioether (sulfide) groups is 1. The van der Waals surface area contributed by atoms with Crippen LogP contribution in [0.3, 0.4) is 0 Å². The Kier molecular flexibility index (Phi) is 7.15. The van der Waals surface area contributed by atoms with E-state index in [2.05, 4.69) is 15.9 Å². The van der Waals surface area contributed by atoms with E-state index in [1.807, 2.05) is 30.3 Å². The minimum atomic E-state index is -0.395. The number of nitrogens with zero attached hydrogens (tertiary/aromatic N) is 1. The first kappa shape index (κ1) is 23.1. The lowest BCUT2D eigenvalue weighted by atomic mass is 10.1. The summed E-state index contributed by atoms with van der Waals surface area (Å²) in [5.74, 6) is 0.275. The van der Waals surface area contributed by atoms with E-state index in [9.17, 15) is 14.0 Å². The molecule has 1 fully saturated rings. The van der Waals surface area contributed by atoms with Crippen molar-refractivity contribution in [2.45, 2.75) is 13.2 Å². The van der Waals surface area contributed by atoms with E-state index >= 15 is 0 Å². The largest absolute Gasteiger partial charge is 0.493 e. The molecule has 0 radical (unpaired) electrons. The maximum atomic E-state index is 13.1. The number of benzene rings is 3. The zero-order chi connectivity index (χ0) is 23.4. The predicted octanol–water partition coefficient (Wildman–Crippen LogP) is 6.41. The molecular formula is C25H19BrFNO4S. The van der Waals surface area contributed by atoms with E-state index in [0.717, 1.165) is 22.2 Å². The van der Waals surface area contributed by atoms with Gasteiger partial charge < -0.3 is 9.47 Å². The highest BCUT2D eigenvalue weighted by molar-refractivity contribution is 9.10. The van der Waals surface area contributed by atoms with Gasteiger partial charge in [0.25, 0.3) is 11.1 Å². The van der Waals surface area contributed by atoms with Gasteiger partial charge in [0.05, 0.1) is 23.0 Å². The molecule has 1 aliphatic rings. The molecule has 1 saturated heterocycles. The number of hydrogen-bond donors (Lipinski definition) is 0. The van der Waals surface area contributed by atoms with Crippen LogP contribution in [0.4, 0.5) is 9.18 Å². The zero-order valence-electron chi connectivity index (χ0n) is 17.6. The summed E-state index contributed by atoms with van der Waals surface area (Å²) in [6.07, 6.45) is 1.64. The first-order chi connectivity index (χ1) is 15.9. The number of amides is 2. The fourth-order valence-electron chi connectivity index (χ4n) is 3.25. The highest BCUT2D eigenvalue weighted by Crippen LogP contribution is 2.39. The van der Waals surface area contributed by atoms with Gasteiger partial charge >= 0.3 is 0 Å². The summed E-state index contributed by atoms with van der Waals surface area (Å²) >= 11 is 4.38. The third-order valence-corrected chi connectivity index (χ3v) is 6.40. The third kappa shape index (κ3) is 5.46. The second-order valence-corrected chi connectivity index (χ2v) is 9.05. The number of carbonyl (C=O) groups is 2. The van der Waals surface area contributed by atoms with Crippen molar-refractivity contribution in [3.63, 3.8) is 0 Å². The maximum absolute atomic E-state index is 13.1. The summed E-state index contributed by atoms with van der Waals surface area (Å²) in [4.78, 5) is 26.7. The van der Waals surface area contributed by atoms with Crippen molar-refractivity contribution in [2.24, 2.45) is 0 Å². The standard InChI is InChI=1S/C25H19BrFNO4S/c1-31-21-12-18(11-20(26)23(21)32-15-17-5-3-2-4-6-17)13-22-24(29)28(25(30)33-22)14-16-7-9-19(27)10-8-16/h2-13H,14-15H2,1H3/b22-13+. The number of methoxy groups -OCH3 is 1. The molecule has 8 heteroatoms. The molecule has 2 amide bonds. The molecule has 3 aromatic carbocycles. The Balaban J connectivity index is 1.53. The van der Waals surface area contributed by atoms with Gasteiger partial charge in [-0.3, -0.25) is 14.5 Å². The monoisotopic (exact) mass is 527 g/mol. The van der Waals surface area contributed by atoms with Crippen LogP contribution in [0.2, 0.25) is 0 Å². The molecule has 33 heavy (non-hydrogen) atoms. The molecule has 5 nitrogen and oxygen atoms in total. The number of hydrogen-bond acceptors (Lipinski definition) is 5. The molecule has 3 aromatic rings. The summed E-state index contributed by atoms with van der Waals surface area (Å²) in [6, 6.07) is 19.0. The van der Waals surface area contributed by atoms with Crippen LogP contribution < -0.4 is 9.47 Å². The summed E-state index contributed by atoms with van der Waals surface area (Å²) in [7, 11) is 1.54. The molecular weight excluding hydrogens is 509 g/mol. The topological polar surface area (TPSA) is 55.8 Å². The molecule has 0 atom stereocenters. The Hall–Kier alpha value is -3.10. The summed E-state index contributed by atoms with van der Waals surface area (Å²) in [5.41, 5.74) is 2.37. The van der Waals surface area contributed by atoms with Crippen LogP contribution in [0.1, 0.15) is 16.7 Å². The van der Waals surface area contributed by atoms with Gasteiger partial charge in [0.1, 0.15) is 12.4 Å². The Morgan fingerprint density at radius 2 is 1.76 bits per heavy atom. The molecule has 168 valence electrons. The smallest absolute Gasteiger partial charge is 0.293 e. The van der Waals surface area contributed by atoms with Gasteiger partial charge in [0.2, 0.25) is 0 Å². The second kappa shape index (κ2) is 10.2. The maximum Gasteiger partial charge on any atom is 0.293 e. The van der Waals surface area contributed by atoms with E-state index in [1.165, 1.54) is 19.2 Å². The number of imide groups is 1. The van der Waals surface area contributed by atoms with Crippen molar-refractivity contribution in [1.29, 1.82) is 0 Å². The first-order valence-corrected chi connectivity index (χ1v) is 11.6. The SMILES string of the molecule is COc1cc(/C=C2/SC(=O)N(Cc3ccc(F)cc3)C2=O)cc(Br)c1OCc1ccccc1. The van der Waals surface area contributed by atoms with Crippen molar-refractivity contribution in [3.8, 4) is 11.5 Å². The van der Waals surface area contributed by atoms with Crippen LogP contribution in [0.5, 0.6) is 11.5 Å². The summed E-state index contributed by atoms with van der Waals surface area (Å²) in [5, 5.41) is -0.371. The molecule has 0 saturated carbocycles. The quantitative estimate of drug-likeness (QED) is 0.332. The van der Waals surface area contributed by atoms with Gasteiger partial charge in [-0.05, 0) is 74.7 Å². The van der Waals surface area contributed by atoms with E-state index in [-0.39, 0.29) is 17.6 Å². The van der Waals surface area contributed by atoms with Crippen LogP contribution in [0.25, 0.3) is 6.08 Å². The molecule has 0 aliphatic carbocycles. The van der Waals surface area contributed by atoms with E-state index < -0.39 is 5.91 Å². The van der Waals surface area contributed by atoms with Crippen LogP contribution in [0, 0.1) is 5.82 Å². The fraction of sp³-hybridized carbons (Fsp3) is 0.120. The van der Waals surface area contributed by atoms with Crippen molar-refractivity contribution in [3.05, 3.63) is 98.6 Å². The highest BCUT2D eigenvalue weighted by atomic mass is 79.9. The Morgan fingerprint density at radius 3 is 2.45 bits per heavy atom. The molecule has 4 rings (SSSR count). The number of halogens is 2. The average molecular weight is 528 g/mol. The molecule has 0 N–H and O–H groups in total. The lowest BCUT2D eigenvalue weighted by molar-refractivity contribution is -0.123. The van der Waals surface area contributed by atoms with Crippen LogP contribution >= 0.6 is 27.7 Å². The predicted molar refractivity (Wildman–Crippen MR) is 129 cm³/mol. The Bertz CT molecular complexity index is 1220. The van der Waals surface area contributed by atoms with E-state index in [1.54, 1.807) is 30.3 Å². The van der Waals surface area contributed by atoms with Gasteiger partial charge in [0, 0.05) is 0 Å². The van der Waals surface area contributed by atoms with Gasteiger partial charge in [-0.15, -0.1) is 0 Å². The highest BCUT2D eigenvalue weighted by Gasteiger charge is 2.35. The van der Waals surface area contributed by atoms with E-state index in [4.69, 9.17) is 9.47 Å². The third-order valence-electron chi connectivity index (χ3n) is 4.90. The van der Waals surface area contributed by atoms with Gasteiger partial charge in [-0.2, -0.15) is 0 Å². The van der Waals surface area contributed by atoms with E-state index in [0.29, 0.717) is 38.6 Å². The minimum Gasteiger partial charge on any atom is -0.493 e. The molecule has 1 heterocycles.